The van der Waals surface area contributed by atoms with Crippen molar-refractivity contribution in [3.63, 3.8) is 0 Å². The van der Waals surface area contributed by atoms with Crippen molar-refractivity contribution in [1.82, 2.24) is 19.6 Å². The minimum Gasteiger partial charge on any atom is -0.305 e. The molecule has 4 aromatic rings. The molecule has 0 bridgehead atoms. The SMILES string of the molecule is O=c1[nH]c(/C(Cl)=C\c2csnn2)nc2scc(-c3ccccc3Cl)c12. The van der Waals surface area contributed by atoms with Crippen LogP contribution in [0.25, 0.3) is 32.5 Å². The quantitative estimate of drug-likeness (QED) is 0.525. The van der Waals surface area contributed by atoms with Crippen molar-refractivity contribution in [2.45, 2.75) is 0 Å². The van der Waals surface area contributed by atoms with Crippen LogP contribution < -0.4 is 5.56 Å². The lowest BCUT2D eigenvalue weighted by Crippen LogP contribution is -2.10. The van der Waals surface area contributed by atoms with E-state index < -0.39 is 0 Å². The topological polar surface area (TPSA) is 71.5 Å². The first-order valence-electron chi connectivity index (χ1n) is 7.04. The van der Waals surface area contributed by atoms with Crippen LogP contribution in [-0.2, 0) is 0 Å². The molecule has 0 amide bonds. The minimum absolute atomic E-state index is 0.265. The van der Waals surface area contributed by atoms with E-state index in [0.717, 1.165) is 11.1 Å². The van der Waals surface area contributed by atoms with Gasteiger partial charge in [-0.1, -0.05) is 45.9 Å². The van der Waals surface area contributed by atoms with E-state index >= 15 is 0 Å². The Morgan fingerprint density at radius 1 is 1.20 bits per heavy atom. The van der Waals surface area contributed by atoms with Crippen molar-refractivity contribution in [3.8, 4) is 11.1 Å². The molecule has 0 radical (unpaired) electrons. The molecule has 1 aromatic carbocycles. The summed E-state index contributed by atoms with van der Waals surface area (Å²) in [4.78, 5) is 20.4. The second-order valence-electron chi connectivity index (χ2n) is 5.05. The smallest absolute Gasteiger partial charge is 0.260 e. The number of nitrogens with zero attached hydrogens (tertiary/aromatic N) is 3. The molecule has 0 aliphatic carbocycles. The van der Waals surface area contributed by atoms with Crippen LogP contribution in [-0.4, -0.2) is 19.6 Å². The number of benzene rings is 1. The number of nitrogens with one attached hydrogen (secondary N) is 1. The van der Waals surface area contributed by atoms with Crippen LogP contribution in [0.1, 0.15) is 11.5 Å². The summed E-state index contributed by atoms with van der Waals surface area (Å²) < 4.78 is 3.77. The predicted octanol–water partition coefficient (Wildman–Crippen LogP) is 4.89. The van der Waals surface area contributed by atoms with E-state index in [9.17, 15) is 4.79 Å². The van der Waals surface area contributed by atoms with E-state index in [1.54, 1.807) is 17.5 Å². The molecule has 25 heavy (non-hydrogen) atoms. The van der Waals surface area contributed by atoms with Gasteiger partial charge in [0.05, 0.1) is 16.1 Å². The monoisotopic (exact) mass is 406 g/mol. The van der Waals surface area contributed by atoms with Crippen LogP contribution in [0.3, 0.4) is 0 Å². The van der Waals surface area contributed by atoms with Crippen LogP contribution in [0.5, 0.6) is 0 Å². The third kappa shape index (κ3) is 3.11. The third-order valence-electron chi connectivity index (χ3n) is 3.49. The van der Waals surface area contributed by atoms with Crippen molar-refractivity contribution >= 4 is 67.4 Å². The van der Waals surface area contributed by atoms with Gasteiger partial charge in [-0.25, -0.2) is 4.98 Å². The molecule has 5 nitrogen and oxygen atoms in total. The highest BCUT2D eigenvalue weighted by atomic mass is 35.5. The summed E-state index contributed by atoms with van der Waals surface area (Å²) in [6, 6.07) is 7.39. The van der Waals surface area contributed by atoms with Gasteiger partial charge in [-0.15, -0.1) is 16.4 Å². The number of thiophene rings is 1. The zero-order chi connectivity index (χ0) is 17.4. The maximum Gasteiger partial charge on any atom is 0.260 e. The van der Waals surface area contributed by atoms with E-state index in [-0.39, 0.29) is 5.56 Å². The first-order valence-corrected chi connectivity index (χ1v) is 9.52. The van der Waals surface area contributed by atoms with Crippen molar-refractivity contribution in [1.29, 1.82) is 0 Å². The average Bonchev–Trinajstić information content (AvgIpc) is 3.25. The largest absolute Gasteiger partial charge is 0.305 e. The number of fused-ring (bicyclic) bond motifs is 1. The molecule has 0 spiro atoms. The van der Waals surface area contributed by atoms with Gasteiger partial charge in [0.2, 0.25) is 0 Å². The number of hydrogen-bond acceptors (Lipinski definition) is 6. The molecule has 9 heteroatoms. The molecule has 124 valence electrons. The van der Waals surface area contributed by atoms with Crippen LogP contribution in [0.15, 0.2) is 39.8 Å². The van der Waals surface area contributed by atoms with Gasteiger partial charge >= 0.3 is 0 Å². The lowest BCUT2D eigenvalue weighted by Gasteiger charge is -2.03. The van der Waals surface area contributed by atoms with Gasteiger partial charge in [0, 0.05) is 26.9 Å². The number of H-pyrrole nitrogens is 1. The van der Waals surface area contributed by atoms with Crippen LogP contribution in [0, 0.1) is 0 Å². The molecule has 0 aliphatic rings. The normalized spacial score (nSPS) is 12.0. The van der Waals surface area contributed by atoms with Crippen LogP contribution in [0.4, 0.5) is 0 Å². The highest BCUT2D eigenvalue weighted by molar-refractivity contribution is 7.17. The average molecular weight is 407 g/mol. The lowest BCUT2D eigenvalue weighted by molar-refractivity contribution is 1.13. The third-order valence-corrected chi connectivity index (χ3v) is 5.50. The fourth-order valence-electron chi connectivity index (χ4n) is 2.37. The Hall–Kier alpha value is -2.06. The highest BCUT2D eigenvalue weighted by Gasteiger charge is 2.15. The van der Waals surface area contributed by atoms with E-state index in [1.165, 1.54) is 22.9 Å². The van der Waals surface area contributed by atoms with Crippen molar-refractivity contribution in [2.24, 2.45) is 0 Å². The Balaban J connectivity index is 1.86. The Morgan fingerprint density at radius 2 is 2.04 bits per heavy atom. The first-order chi connectivity index (χ1) is 12.1. The summed E-state index contributed by atoms with van der Waals surface area (Å²) in [7, 11) is 0. The van der Waals surface area contributed by atoms with Gasteiger partial charge in [0.25, 0.3) is 5.56 Å². The molecule has 3 aromatic heterocycles. The maximum atomic E-state index is 12.6. The van der Waals surface area contributed by atoms with E-state index in [4.69, 9.17) is 23.2 Å². The molecule has 3 heterocycles. The zero-order valence-electron chi connectivity index (χ0n) is 12.4. The summed E-state index contributed by atoms with van der Waals surface area (Å²) in [5.74, 6) is 0.291. The highest BCUT2D eigenvalue weighted by Crippen LogP contribution is 2.35. The van der Waals surface area contributed by atoms with Crippen molar-refractivity contribution in [3.05, 3.63) is 61.9 Å². The molecule has 0 atom stereocenters. The second-order valence-corrected chi connectivity index (χ2v) is 7.33. The number of aromatic amines is 1. The lowest BCUT2D eigenvalue weighted by atomic mass is 10.1. The van der Waals surface area contributed by atoms with Crippen molar-refractivity contribution < 1.29 is 0 Å². The molecule has 0 saturated carbocycles. The van der Waals surface area contributed by atoms with E-state index in [0.29, 0.717) is 31.8 Å². The number of hydrogen-bond donors (Lipinski definition) is 1. The van der Waals surface area contributed by atoms with Gasteiger partial charge in [0.1, 0.15) is 4.83 Å². The van der Waals surface area contributed by atoms with Gasteiger partial charge in [0.15, 0.2) is 5.82 Å². The summed E-state index contributed by atoms with van der Waals surface area (Å²) >= 11 is 15.1. The van der Waals surface area contributed by atoms with E-state index in [1.807, 2.05) is 23.6 Å². The Morgan fingerprint density at radius 3 is 2.80 bits per heavy atom. The van der Waals surface area contributed by atoms with Crippen LogP contribution in [0.2, 0.25) is 5.02 Å². The van der Waals surface area contributed by atoms with E-state index in [2.05, 4.69) is 19.6 Å². The number of rotatable bonds is 3. The Kier molecular flexibility index (Phi) is 4.39. The van der Waals surface area contributed by atoms with Crippen molar-refractivity contribution in [2.75, 3.05) is 0 Å². The Labute approximate surface area is 159 Å². The molecule has 0 fully saturated rings. The van der Waals surface area contributed by atoms with Gasteiger partial charge in [-0.2, -0.15) is 0 Å². The molecular weight excluding hydrogens is 399 g/mol. The molecule has 0 aliphatic heterocycles. The minimum atomic E-state index is -0.265. The fourth-order valence-corrected chi connectivity index (χ4v) is 4.16. The number of aromatic nitrogens is 4. The van der Waals surface area contributed by atoms with Gasteiger partial charge < -0.3 is 4.98 Å². The Bertz CT molecular complexity index is 1150. The standard InChI is InChI=1S/C16H8Cl2N4OS2/c17-11-4-2-1-3-9(11)10-7-24-16-13(10)15(23)19-14(20-16)12(18)5-8-6-25-22-21-8/h1-7H,(H,19,20,23)/b12-5+. The fraction of sp³-hybridized carbons (Fsp3) is 0. The summed E-state index contributed by atoms with van der Waals surface area (Å²) in [6.45, 7) is 0. The molecule has 4 rings (SSSR count). The van der Waals surface area contributed by atoms with Gasteiger partial charge in [-0.05, 0) is 23.7 Å². The second kappa shape index (κ2) is 6.68. The predicted molar refractivity (Wildman–Crippen MR) is 104 cm³/mol. The first kappa shape index (κ1) is 16.4. The summed E-state index contributed by atoms with van der Waals surface area (Å²) in [5, 5.41) is 8.90. The van der Waals surface area contributed by atoms with Crippen LogP contribution >= 0.6 is 46.1 Å². The van der Waals surface area contributed by atoms with Gasteiger partial charge in [-0.3, -0.25) is 4.79 Å². The summed E-state index contributed by atoms with van der Waals surface area (Å²) in [6.07, 6.45) is 1.61. The number of halogens is 2. The zero-order valence-corrected chi connectivity index (χ0v) is 15.5. The molecule has 1 N–H and O–H groups in total. The maximum absolute atomic E-state index is 12.6. The molecule has 0 saturated heterocycles. The molecule has 0 unspecified atom stereocenters. The molecular formula is C16H8Cl2N4OS2. The summed E-state index contributed by atoms with van der Waals surface area (Å²) in [5.41, 5.74) is 1.90.